The van der Waals surface area contributed by atoms with Crippen LogP contribution in [0.1, 0.15) is 66.2 Å². The molecule has 0 atom stereocenters. The van der Waals surface area contributed by atoms with E-state index in [1.807, 2.05) is 0 Å². The highest BCUT2D eigenvalue weighted by Gasteiger charge is 2.33. The second-order valence-corrected chi connectivity index (χ2v) is 7.72. The Morgan fingerprint density at radius 1 is 1.05 bits per heavy atom. The number of likely N-dealkylation sites (tertiary alicyclic amines) is 1. The Kier molecular flexibility index (Phi) is 5.92. The summed E-state index contributed by atoms with van der Waals surface area (Å²) in [5.41, 5.74) is 0.507. The van der Waals surface area contributed by atoms with Gasteiger partial charge in [0.25, 0.3) is 0 Å². The highest BCUT2D eigenvalue weighted by Crippen LogP contribution is 2.32. The number of piperidine rings is 1. The Bertz CT molecular complexity index is 271. The van der Waals surface area contributed by atoms with Gasteiger partial charge in [0, 0.05) is 19.1 Å². The van der Waals surface area contributed by atoms with Gasteiger partial charge in [0.1, 0.15) is 0 Å². The van der Waals surface area contributed by atoms with Crippen molar-refractivity contribution in [1.29, 1.82) is 0 Å². The van der Waals surface area contributed by atoms with E-state index in [-0.39, 0.29) is 0 Å². The lowest BCUT2D eigenvalue weighted by Gasteiger charge is -2.41. The summed E-state index contributed by atoms with van der Waals surface area (Å²) in [6.07, 6.45) is 8.27. The van der Waals surface area contributed by atoms with Crippen LogP contribution in [0, 0.1) is 17.3 Å². The predicted octanol–water partition coefficient (Wildman–Crippen LogP) is 3.91. The molecule has 0 radical (unpaired) electrons. The van der Waals surface area contributed by atoms with Gasteiger partial charge in [0.05, 0.1) is 0 Å². The fourth-order valence-electron chi connectivity index (χ4n) is 3.68. The van der Waals surface area contributed by atoms with E-state index in [4.69, 9.17) is 0 Å². The van der Waals surface area contributed by atoms with Gasteiger partial charge < -0.3 is 10.2 Å². The maximum atomic E-state index is 3.79. The van der Waals surface area contributed by atoms with Crippen molar-refractivity contribution in [2.75, 3.05) is 26.2 Å². The molecule has 1 heterocycles. The van der Waals surface area contributed by atoms with Crippen LogP contribution in [0.2, 0.25) is 0 Å². The lowest BCUT2D eigenvalue weighted by molar-refractivity contribution is 0.0898. The fraction of sp³-hybridized carbons (Fsp3) is 1.00. The van der Waals surface area contributed by atoms with E-state index in [0.29, 0.717) is 5.41 Å². The molecule has 0 bridgehead atoms. The molecule has 0 aromatic heterocycles. The molecule has 1 saturated heterocycles. The molecule has 0 amide bonds. The van der Waals surface area contributed by atoms with Crippen molar-refractivity contribution in [2.45, 2.75) is 72.3 Å². The standard InChI is InChI=1S/C18H36N2/c1-5-18(6-2,13-19-17-7-8-17)14-20-11-9-16(10-12-20)15(3)4/h15-17,19H,5-14H2,1-4H3. The first-order valence-corrected chi connectivity index (χ1v) is 9.04. The lowest BCUT2D eigenvalue weighted by Crippen LogP contribution is -2.47. The van der Waals surface area contributed by atoms with Gasteiger partial charge in [-0.2, -0.15) is 0 Å². The molecule has 20 heavy (non-hydrogen) atoms. The van der Waals surface area contributed by atoms with Gasteiger partial charge in [-0.25, -0.2) is 0 Å². The summed E-state index contributed by atoms with van der Waals surface area (Å²) < 4.78 is 0. The average molecular weight is 280 g/mol. The number of hydrogen-bond donors (Lipinski definition) is 1. The predicted molar refractivity (Wildman–Crippen MR) is 88.0 cm³/mol. The molecule has 1 saturated carbocycles. The molecule has 1 aliphatic carbocycles. The number of rotatable bonds is 8. The van der Waals surface area contributed by atoms with Crippen molar-refractivity contribution in [3.05, 3.63) is 0 Å². The van der Waals surface area contributed by atoms with E-state index < -0.39 is 0 Å². The summed E-state index contributed by atoms with van der Waals surface area (Å²) in [6.45, 7) is 14.8. The first kappa shape index (κ1) is 16.3. The third kappa shape index (κ3) is 4.46. The van der Waals surface area contributed by atoms with Crippen LogP contribution in [0.25, 0.3) is 0 Å². The Hall–Kier alpha value is -0.0800. The quantitative estimate of drug-likeness (QED) is 0.725. The van der Waals surface area contributed by atoms with Crippen molar-refractivity contribution >= 4 is 0 Å². The molecule has 2 heteroatoms. The largest absolute Gasteiger partial charge is 0.313 e. The monoisotopic (exact) mass is 280 g/mol. The molecule has 0 spiro atoms. The van der Waals surface area contributed by atoms with E-state index in [1.54, 1.807) is 0 Å². The first-order valence-electron chi connectivity index (χ1n) is 9.04. The van der Waals surface area contributed by atoms with E-state index in [9.17, 15) is 0 Å². The molecule has 1 aliphatic heterocycles. The number of hydrogen-bond acceptors (Lipinski definition) is 2. The topological polar surface area (TPSA) is 15.3 Å². The van der Waals surface area contributed by atoms with Crippen LogP contribution >= 0.6 is 0 Å². The minimum absolute atomic E-state index is 0.507. The maximum absolute atomic E-state index is 3.79. The number of nitrogens with one attached hydrogen (secondary N) is 1. The molecular weight excluding hydrogens is 244 g/mol. The van der Waals surface area contributed by atoms with Gasteiger partial charge in [0.15, 0.2) is 0 Å². The van der Waals surface area contributed by atoms with Crippen LogP contribution in [-0.2, 0) is 0 Å². The summed E-state index contributed by atoms with van der Waals surface area (Å²) in [5, 5.41) is 3.79. The van der Waals surface area contributed by atoms with Crippen LogP contribution in [0.4, 0.5) is 0 Å². The van der Waals surface area contributed by atoms with Crippen LogP contribution in [-0.4, -0.2) is 37.1 Å². The van der Waals surface area contributed by atoms with Crippen LogP contribution in [0.15, 0.2) is 0 Å². The summed E-state index contributed by atoms with van der Waals surface area (Å²) in [5.74, 6) is 1.84. The fourth-order valence-corrected chi connectivity index (χ4v) is 3.68. The van der Waals surface area contributed by atoms with Crippen molar-refractivity contribution in [3.63, 3.8) is 0 Å². The Morgan fingerprint density at radius 3 is 2.10 bits per heavy atom. The zero-order valence-corrected chi connectivity index (χ0v) is 14.3. The van der Waals surface area contributed by atoms with Crippen LogP contribution in [0.3, 0.4) is 0 Å². The lowest BCUT2D eigenvalue weighted by atomic mass is 9.80. The highest BCUT2D eigenvalue weighted by molar-refractivity contribution is 4.89. The second-order valence-electron chi connectivity index (χ2n) is 7.72. The van der Waals surface area contributed by atoms with Crippen molar-refractivity contribution in [1.82, 2.24) is 10.2 Å². The average Bonchev–Trinajstić information content (AvgIpc) is 3.28. The zero-order valence-electron chi connectivity index (χ0n) is 14.3. The van der Waals surface area contributed by atoms with E-state index in [1.165, 1.54) is 64.7 Å². The molecule has 0 aromatic carbocycles. The summed E-state index contributed by atoms with van der Waals surface area (Å²) in [6, 6.07) is 0.846. The van der Waals surface area contributed by atoms with Gasteiger partial charge >= 0.3 is 0 Å². The molecule has 0 unspecified atom stereocenters. The SMILES string of the molecule is CCC(CC)(CNC1CC1)CN1CCC(C(C)C)CC1. The van der Waals surface area contributed by atoms with E-state index >= 15 is 0 Å². The third-order valence-corrected chi connectivity index (χ3v) is 5.98. The molecular formula is C18H36N2. The minimum atomic E-state index is 0.507. The molecule has 2 rings (SSSR count). The Morgan fingerprint density at radius 2 is 1.65 bits per heavy atom. The summed E-state index contributed by atoms with van der Waals surface area (Å²) in [4.78, 5) is 2.75. The van der Waals surface area contributed by atoms with Gasteiger partial charge in [0.2, 0.25) is 0 Å². The number of nitrogens with zero attached hydrogens (tertiary/aromatic N) is 1. The normalized spacial score (nSPS) is 22.6. The van der Waals surface area contributed by atoms with Crippen LogP contribution < -0.4 is 5.32 Å². The minimum Gasteiger partial charge on any atom is -0.313 e. The summed E-state index contributed by atoms with van der Waals surface area (Å²) >= 11 is 0. The maximum Gasteiger partial charge on any atom is 0.00684 e. The molecule has 118 valence electrons. The summed E-state index contributed by atoms with van der Waals surface area (Å²) in [7, 11) is 0. The molecule has 1 N–H and O–H groups in total. The van der Waals surface area contributed by atoms with Gasteiger partial charge in [-0.15, -0.1) is 0 Å². The third-order valence-electron chi connectivity index (χ3n) is 5.98. The van der Waals surface area contributed by atoms with Crippen molar-refractivity contribution in [2.24, 2.45) is 17.3 Å². The Labute approximate surface area is 126 Å². The zero-order chi connectivity index (χ0) is 14.6. The van der Waals surface area contributed by atoms with Gasteiger partial charge in [-0.1, -0.05) is 27.7 Å². The van der Waals surface area contributed by atoms with Crippen LogP contribution in [0.5, 0.6) is 0 Å². The van der Waals surface area contributed by atoms with Gasteiger partial charge in [-0.3, -0.25) is 0 Å². The van der Waals surface area contributed by atoms with Crippen molar-refractivity contribution in [3.8, 4) is 0 Å². The first-order chi connectivity index (χ1) is 9.58. The molecule has 2 aliphatic rings. The van der Waals surface area contributed by atoms with E-state index in [0.717, 1.165) is 17.9 Å². The smallest absolute Gasteiger partial charge is 0.00684 e. The Balaban J connectivity index is 1.81. The van der Waals surface area contributed by atoms with Crippen molar-refractivity contribution < 1.29 is 0 Å². The molecule has 2 nitrogen and oxygen atoms in total. The highest BCUT2D eigenvalue weighted by atomic mass is 15.1. The van der Waals surface area contributed by atoms with Gasteiger partial charge in [-0.05, 0) is 68.9 Å². The molecule has 2 fully saturated rings. The molecule has 0 aromatic rings. The van der Waals surface area contributed by atoms with E-state index in [2.05, 4.69) is 37.9 Å². The second kappa shape index (κ2) is 7.26.